The molecule has 1 aromatic carbocycles. The molecule has 2 atom stereocenters. The van der Waals surface area contributed by atoms with Crippen LogP contribution in [0.5, 0.6) is 5.75 Å². The van der Waals surface area contributed by atoms with E-state index >= 15 is 0 Å². The molecule has 0 amide bonds. The molecule has 0 aromatic heterocycles. The van der Waals surface area contributed by atoms with Gasteiger partial charge in [-0.1, -0.05) is 12.1 Å². The van der Waals surface area contributed by atoms with Crippen LogP contribution in [0.15, 0.2) is 18.2 Å². The van der Waals surface area contributed by atoms with Gasteiger partial charge in [0.25, 0.3) is 0 Å². The molecule has 0 heterocycles. The SMILES string of the molecule is Cc1cccc(OC(C)CC(C)(N)CO)c1C. The molecule has 0 aliphatic rings. The minimum absolute atomic E-state index is 0.0161. The van der Waals surface area contributed by atoms with E-state index in [1.807, 2.05) is 32.9 Å². The Kier molecular flexibility index (Phi) is 4.54. The highest BCUT2D eigenvalue weighted by molar-refractivity contribution is 5.38. The van der Waals surface area contributed by atoms with Gasteiger partial charge in [0, 0.05) is 12.0 Å². The van der Waals surface area contributed by atoms with Crippen LogP contribution in [0.1, 0.15) is 31.4 Å². The second kappa shape index (κ2) is 5.52. The molecule has 0 aliphatic heterocycles. The third kappa shape index (κ3) is 4.02. The molecular weight excluding hydrogens is 214 g/mol. The smallest absolute Gasteiger partial charge is 0.122 e. The summed E-state index contributed by atoms with van der Waals surface area (Å²) in [7, 11) is 0. The lowest BCUT2D eigenvalue weighted by molar-refractivity contribution is 0.133. The first-order valence-corrected chi connectivity index (χ1v) is 5.98. The molecule has 0 saturated heterocycles. The molecule has 0 saturated carbocycles. The number of aryl methyl sites for hydroxylation is 1. The first kappa shape index (κ1) is 14.0. The summed E-state index contributed by atoms with van der Waals surface area (Å²) in [4.78, 5) is 0. The number of ether oxygens (including phenoxy) is 1. The Balaban J connectivity index is 2.68. The van der Waals surface area contributed by atoms with Crippen molar-refractivity contribution < 1.29 is 9.84 Å². The second-order valence-electron chi connectivity index (χ2n) is 5.14. The van der Waals surface area contributed by atoms with Crippen LogP contribution in [-0.2, 0) is 0 Å². The fourth-order valence-corrected chi connectivity index (χ4v) is 1.83. The zero-order valence-electron chi connectivity index (χ0n) is 11.2. The Bertz CT molecular complexity index is 374. The molecule has 0 spiro atoms. The number of aliphatic hydroxyl groups excluding tert-OH is 1. The topological polar surface area (TPSA) is 55.5 Å². The highest BCUT2D eigenvalue weighted by atomic mass is 16.5. The second-order valence-corrected chi connectivity index (χ2v) is 5.14. The van der Waals surface area contributed by atoms with Gasteiger partial charge in [0.15, 0.2) is 0 Å². The third-order valence-electron chi connectivity index (χ3n) is 3.00. The lowest BCUT2D eigenvalue weighted by Gasteiger charge is -2.26. The van der Waals surface area contributed by atoms with E-state index in [1.54, 1.807) is 0 Å². The molecule has 0 bridgehead atoms. The molecule has 3 nitrogen and oxygen atoms in total. The molecule has 0 radical (unpaired) electrons. The van der Waals surface area contributed by atoms with E-state index in [0.29, 0.717) is 6.42 Å². The van der Waals surface area contributed by atoms with Crippen LogP contribution in [0.4, 0.5) is 0 Å². The van der Waals surface area contributed by atoms with Crippen LogP contribution >= 0.6 is 0 Å². The molecule has 3 heteroatoms. The monoisotopic (exact) mass is 237 g/mol. The van der Waals surface area contributed by atoms with Crippen molar-refractivity contribution in [2.75, 3.05) is 6.61 Å². The van der Waals surface area contributed by atoms with Crippen molar-refractivity contribution in [1.29, 1.82) is 0 Å². The number of hydrogen-bond acceptors (Lipinski definition) is 3. The standard InChI is InChI=1S/C14H23NO2/c1-10-6-5-7-13(12(10)3)17-11(2)8-14(4,15)9-16/h5-7,11,16H,8-9,15H2,1-4H3. The minimum Gasteiger partial charge on any atom is -0.490 e. The fourth-order valence-electron chi connectivity index (χ4n) is 1.83. The van der Waals surface area contributed by atoms with Gasteiger partial charge in [-0.05, 0) is 44.9 Å². The van der Waals surface area contributed by atoms with Gasteiger partial charge in [-0.3, -0.25) is 0 Å². The average molecular weight is 237 g/mol. The van der Waals surface area contributed by atoms with Crippen molar-refractivity contribution in [3.63, 3.8) is 0 Å². The first-order valence-electron chi connectivity index (χ1n) is 5.98. The summed E-state index contributed by atoms with van der Waals surface area (Å²) < 4.78 is 5.87. The largest absolute Gasteiger partial charge is 0.490 e. The Hall–Kier alpha value is -1.06. The summed E-state index contributed by atoms with van der Waals surface area (Å²) in [5.41, 5.74) is 7.69. The Morgan fingerprint density at radius 1 is 1.41 bits per heavy atom. The third-order valence-corrected chi connectivity index (χ3v) is 3.00. The van der Waals surface area contributed by atoms with E-state index in [2.05, 4.69) is 13.0 Å². The number of aliphatic hydroxyl groups is 1. The van der Waals surface area contributed by atoms with Gasteiger partial charge in [-0.15, -0.1) is 0 Å². The van der Waals surface area contributed by atoms with Gasteiger partial charge in [-0.2, -0.15) is 0 Å². The summed E-state index contributed by atoms with van der Waals surface area (Å²) >= 11 is 0. The van der Waals surface area contributed by atoms with E-state index < -0.39 is 5.54 Å². The molecule has 2 unspecified atom stereocenters. The van der Waals surface area contributed by atoms with Crippen molar-refractivity contribution in [1.82, 2.24) is 0 Å². The van der Waals surface area contributed by atoms with Gasteiger partial charge in [-0.25, -0.2) is 0 Å². The van der Waals surface area contributed by atoms with E-state index in [4.69, 9.17) is 15.6 Å². The maximum atomic E-state index is 9.13. The van der Waals surface area contributed by atoms with E-state index in [0.717, 1.165) is 11.3 Å². The van der Waals surface area contributed by atoms with Crippen LogP contribution < -0.4 is 10.5 Å². The zero-order chi connectivity index (χ0) is 13.1. The van der Waals surface area contributed by atoms with Crippen LogP contribution in [0.3, 0.4) is 0 Å². The van der Waals surface area contributed by atoms with Crippen LogP contribution in [0.2, 0.25) is 0 Å². The van der Waals surface area contributed by atoms with Crippen molar-refractivity contribution in [3.05, 3.63) is 29.3 Å². The predicted molar refractivity (Wildman–Crippen MR) is 70.3 cm³/mol. The Morgan fingerprint density at radius 3 is 2.65 bits per heavy atom. The summed E-state index contributed by atoms with van der Waals surface area (Å²) in [5.74, 6) is 0.895. The quantitative estimate of drug-likeness (QED) is 0.825. The average Bonchev–Trinajstić information content (AvgIpc) is 2.24. The molecule has 0 aliphatic carbocycles. The van der Waals surface area contributed by atoms with Gasteiger partial charge in [0.2, 0.25) is 0 Å². The first-order chi connectivity index (χ1) is 7.85. The van der Waals surface area contributed by atoms with E-state index in [-0.39, 0.29) is 12.7 Å². The summed E-state index contributed by atoms with van der Waals surface area (Å²) in [6.45, 7) is 7.88. The van der Waals surface area contributed by atoms with E-state index in [1.165, 1.54) is 5.56 Å². The molecule has 96 valence electrons. The van der Waals surface area contributed by atoms with Crippen molar-refractivity contribution in [2.45, 2.75) is 45.8 Å². The maximum Gasteiger partial charge on any atom is 0.122 e. The van der Waals surface area contributed by atoms with Crippen LogP contribution in [0.25, 0.3) is 0 Å². The van der Waals surface area contributed by atoms with Gasteiger partial charge < -0.3 is 15.6 Å². The predicted octanol–water partition coefficient (Wildman–Crippen LogP) is 2.17. The van der Waals surface area contributed by atoms with Gasteiger partial charge in [0.1, 0.15) is 5.75 Å². The van der Waals surface area contributed by atoms with Crippen molar-refractivity contribution in [2.24, 2.45) is 5.73 Å². The normalized spacial score (nSPS) is 16.4. The highest BCUT2D eigenvalue weighted by Crippen LogP contribution is 2.23. The molecule has 1 rings (SSSR count). The van der Waals surface area contributed by atoms with Gasteiger partial charge >= 0.3 is 0 Å². The highest BCUT2D eigenvalue weighted by Gasteiger charge is 2.22. The lowest BCUT2D eigenvalue weighted by atomic mass is 9.97. The number of nitrogens with two attached hydrogens (primary N) is 1. The van der Waals surface area contributed by atoms with Gasteiger partial charge in [0.05, 0.1) is 12.7 Å². The summed E-state index contributed by atoms with van der Waals surface area (Å²) in [6, 6.07) is 6.01. The number of rotatable bonds is 5. The molecule has 3 N–H and O–H groups in total. The molecule has 1 aromatic rings. The summed E-state index contributed by atoms with van der Waals surface area (Å²) in [6.07, 6.45) is 0.606. The van der Waals surface area contributed by atoms with Crippen molar-refractivity contribution in [3.8, 4) is 5.75 Å². The number of hydrogen-bond donors (Lipinski definition) is 2. The minimum atomic E-state index is -0.586. The Morgan fingerprint density at radius 2 is 2.06 bits per heavy atom. The zero-order valence-corrected chi connectivity index (χ0v) is 11.2. The molecule has 17 heavy (non-hydrogen) atoms. The van der Waals surface area contributed by atoms with Crippen molar-refractivity contribution >= 4 is 0 Å². The van der Waals surface area contributed by atoms with Crippen LogP contribution in [0, 0.1) is 13.8 Å². The van der Waals surface area contributed by atoms with E-state index in [9.17, 15) is 0 Å². The fraction of sp³-hybridized carbons (Fsp3) is 0.571. The molecular formula is C14H23NO2. The molecule has 0 fully saturated rings. The maximum absolute atomic E-state index is 9.13. The summed E-state index contributed by atoms with van der Waals surface area (Å²) in [5, 5.41) is 9.13. The Labute approximate surface area is 104 Å². The van der Waals surface area contributed by atoms with Crippen LogP contribution in [-0.4, -0.2) is 23.4 Å². The lowest BCUT2D eigenvalue weighted by Crippen LogP contribution is -2.43. The number of benzene rings is 1.